The summed E-state index contributed by atoms with van der Waals surface area (Å²) in [6.07, 6.45) is 0.0484. The van der Waals surface area contributed by atoms with E-state index in [0.29, 0.717) is 202 Å². The first kappa shape index (κ1) is 76.3. The van der Waals surface area contributed by atoms with Crippen LogP contribution in [0.4, 0.5) is 31.4 Å². The average Bonchev–Trinajstić information content (AvgIpc) is 0.809. The van der Waals surface area contributed by atoms with Gasteiger partial charge in [-0.3, -0.25) is 19.7 Å². The van der Waals surface area contributed by atoms with E-state index in [9.17, 15) is 29.1 Å². The highest BCUT2D eigenvalue weighted by atomic mass is 35.5. The van der Waals surface area contributed by atoms with E-state index in [1.807, 2.05) is 56.0 Å². The van der Waals surface area contributed by atoms with Gasteiger partial charge < -0.3 is 92.6 Å². The number of aromatic nitrogens is 2. The number of piperidine rings is 1. The number of carbonyl (C=O) groups excluding carboxylic acids is 5. The number of nitrogens with zero attached hydrogens (tertiary/aromatic N) is 5. The maximum absolute atomic E-state index is 17.0. The van der Waals surface area contributed by atoms with Crippen molar-refractivity contribution in [2.24, 2.45) is 0 Å². The van der Waals surface area contributed by atoms with E-state index in [2.05, 4.69) is 26.3 Å². The third kappa shape index (κ3) is 23.6. The lowest BCUT2D eigenvalue weighted by atomic mass is 9.96. The second-order valence-electron chi connectivity index (χ2n) is 24.3. The van der Waals surface area contributed by atoms with E-state index in [0.717, 1.165) is 16.5 Å². The Labute approximate surface area is 589 Å². The summed E-state index contributed by atoms with van der Waals surface area (Å²) in [7, 11) is 0. The van der Waals surface area contributed by atoms with Crippen molar-refractivity contribution in [1.29, 1.82) is 0 Å². The molecule has 542 valence electrons. The van der Waals surface area contributed by atoms with Crippen molar-refractivity contribution in [1.82, 2.24) is 30.4 Å². The highest BCUT2D eigenvalue weighted by Crippen LogP contribution is 2.43. The SMILES string of the molecule is CC(C)(C)OC(=O)N1CCN(c2nc(NCCOCCOCCOCCOCCOCCOCCOCCOCCOCCOCCOc3cc(Cl)cc(NC(=O)NCc4ccc5c(c4)CN(C4CCC(=O)NC4=O)C5=O)c3)nc3c(F)c(-c4cc(O)cc5ccccc45)c(Cl)cc23)CC1. The number of rotatable bonds is 41. The summed E-state index contributed by atoms with van der Waals surface area (Å²) in [5.74, 6) is -0.689. The molecule has 0 radical (unpaired) electrons. The van der Waals surface area contributed by atoms with Gasteiger partial charge >= 0.3 is 12.1 Å². The predicted molar refractivity (Wildman–Crippen MR) is 371 cm³/mol. The van der Waals surface area contributed by atoms with Gasteiger partial charge in [-0.2, -0.15) is 4.98 Å². The first-order chi connectivity index (χ1) is 48.5. The third-order valence-electron chi connectivity index (χ3n) is 15.8. The molecule has 6 amide bonds. The molecule has 0 saturated carbocycles. The van der Waals surface area contributed by atoms with Crippen molar-refractivity contribution in [3.63, 3.8) is 0 Å². The summed E-state index contributed by atoms with van der Waals surface area (Å²) in [5, 5.41) is 24.0. The number of imide groups is 1. The number of carbonyl (C=O) groups is 5. The molecule has 9 rings (SSSR count). The highest BCUT2D eigenvalue weighted by Gasteiger charge is 2.39. The van der Waals surface area contributed by atoms with Crippen LogP contribution in [0.5, 0.6) is 11.5 Å². The third-order valence-corrected chi connectivity index (χ3v) is 16.3. The van der Waals surface area contributed by atoms with Crippen LogP contribution >= 0.6 is 23.2 Å². The Bertz CT molecular complexity index is 3700. The summed E-state index contributed by atoms with van der Waals surface area (Å²) in [6, 6.07) is 21.1. The Morgan fingerprint density at radius 3 is 1.83 bits per heavy atom. The topological polar surface area (TPSA) is 300 Å². The Hall–Kier alpha value is -7.84. The summed E-state index contributed by atoms with van der Waals surface area (Å²) >= 11 is 13.2. The number of fused-ring (bicyclic) bond motifs is 3. The maximum Gasteiger partial charge on any atom is 0.410 e. The van der Waals surface area contributed by atoms with E-state index in [1.165, 1.54) is 11.0 Å². The van der Waals surface area contributed by atoms with Gasteiger partial charge in [0.2, 0.25) is 17.8 Å². The quantitative estimate of drug-likeness (QED) is 0.0178. The van der Waals surface area contributed by atoms with Gasteiger partial charge in [-0.05, 0) is 91.1 Å². The number of hydrogen-bond donors (Lipinski definition) is 5. The normalized spacial score (nSPS) is 14.8. The van der Waals surface area contributed by atoms with Crippen LogP contribution in [-0.4, -0.2) is 238 Å². The molecule has 2 saturated heterocycles. The fourth-order valence-corrected chi connectivity index (χ4v) is 11.5. The molecule has 2 fully saturated rings. The van der Waals surface area contributed by atoms with Crippen molar-refractivity contribution in [3.05, 3.63) is 111 Å². The van der Waals surface area contributed by atoms with Gasteiger partial charge in [0, 0.05) is 85.5 Å². The number of phenols is 1. The lowest BCUT2D eigenvalue weighted by Gasteiger charge is -2.36. The van der Waals surface area contributed by atoms with Crippen LogP contribution in [0.15, 0.2) is 78.9 Å². The van der Waals surface area contributed by atoms with E-state index < -0.39 is 35.5 Å². The number of anilines is 3. The molecule has 0 bridgehead atoms. The molecule has 6 aromatic rings. The zero-order chi connectivity index (χ0) is 70.6. The van der Waals surface area contributed by atoms with E-state index in [4.69, 9.17) is 85.0 Å². The predicted octanol–water partition coefficient (Wildman–Crippen LogP) is 8.40. The van der Waals surface area contributed by atoms with Crippen LogP contribution in [0.25, 0.3) is 32.8 Å². The molecule has 3 aliphatic heterocycles. The number of piperazine rings is 1. The Morgan fingerprint density at radius 1 is 0.660 bits per heavy atom. The van der Waals surface area contributed by atoms with E-state index in [-0.39, 0.29) is 78.8 Å². The molecular formula is C70H88Cl2FN9O18. The molecule has 0 aliphatic carbocycles. The minimum Gasteiger partial charge on any atom is -0.508 e. The van der Waals surface area contributed by atoms with Crippen molar-refractivity contribution in [2.75, 3.05) is 187 Å². The molecule has 0 spiro atoms. The zero-order valence-corrected chi connectivity index (χ0v) is 58.1. The summed E-state index contributed by atoms with van der Waals surface area (Å²) in [5.41, 5.74) is 2.35. The van der Waals surface area contributed by atoms with Gasteiger partial charge in [-0.15, -0.1) is 0 Å². The van der Waals surface area contributed by atoms with Crippen molar-refractivity contribution in [2.45, 2.75) is 58.3 Å². The summed E-state index contributed by atoms with van der Waals surface area (Å²) in [4.78, 5) is 77.2. The Kier molecular flexibility index (Phi) is 30.1. The van der Waals surface area contributed by atoms with E-state index in [1.54, 1.807) is 47.4 Å². The molecule has 4 heterocycles. The number of amides is 6. The zero-order valence-electron chi connectivity index (χ0n) is 56.6. The van der Waals surface area contributed by atoms with Gasteiger partial charge in [-0.1, -0.05) is 59.6 Å². The van der Waals surface area contributed by atoms with Crippen LogP contribution < -0.4 is 30.9 Å². The fourth-order valence-electron chi connectivity index (χ4n) is 11.0. The van der Waals surface area contributed by atoms with Crippen LogP contribution in [0.3, 0.4) is 0 Å². The first-order valence-corrected chi connectivity index (χ1v) is 34.1. The second-order valence-corrected chi connectivity index (χ2v) is 25.1. The average molecular weight is 1430 g/mol. The van der Waals surface area contributed by atoms with Gasteiger partial charge in [-0.25, -0.2) is 19.0 Å². The lowest BCUT2D eigenvalue weighted by Crippen LogP contribution is -2.52. The minimum absolute atomic E-state index is 0.0303. The molecule has 100 heavy (non-hydrogen) atoms. The van der Waals surface area contributed by atoms with Crippen LogP contribution in [0.1, 0.15) is 55.1 Å². The lowest BCUT2D eigenvalue weighted by molar-refractivity contribution is -0.136. The number of halogens is 3. The van der Waals surface area contributed by atoms with Crippen molar-refractivity contribution in [3.8, 4) is 22.6 Å². The number of nitrogens with one attached hydrogen (secondary N) is 4. The second kappa shape index (κ2) is 39.4. The number of aromatic hydroxyl groups is 1. The Balaban J connectivity index is 0.522. The van der Waals surface area contributed by atoms with Crippen LogP contribution in [0, 0.1) is 5.82 Å². The molecule has 1 aromatic heterocycles. The molecule has 5 aromatic carbocycles. The van der Waals surface area contributed by atoms with Crippen LogP contribution in [-0.2, 0) is 74.8 Å². The molecule has 3 aliphatic rings. The molecule has 30 heteroatoms. The maximum atomic E-state index is 17.0. The fraction of sp³-hybridized carbons (Fsp3) is 0.500. The van der Waals surface area contributed by atoms with Crippen molar-refractivity contribution >= 4 is 92.2 Å². The van der Waals surface area contributed by atoms with Gasteiger partial charge in [0.05, 0.1) is 137 Å². The highest BCUT2D eigenvalue weighted by molar-refractivity contribution is 6.35. The molecule has 5 N–H and O–H groups in total. The number of phenolic OH excluding ortho intramolecular Hbond substituents is 1. The standard InChI is InChI=1S/C70H88Cl2FN9O18/c1-70(2,3)100-69(88)81-15-13-80(14-16-81)64-57-44-58(72)61(56-43-52(83)39-48-6-4-5-7-54(48)56)62(73)63(57)78-67(79-64)74-12-17-89-18-19-90-20-21-91-22-23-92-24-25-93-26-27-94-28-29-95-30-31-96-32-33-97-34-35-98-36-37-99-53-41-50(71)40-51(42-53)76-68(87)75-45-47-8-9-55-49(38-47)46-82(66(55)86)59-10-11-60(84)77-65(59)85/h4-9,38-44,59,83H,10-37,45-46H2,1-3H3,(H,74,78,79)(H2,75,76,87)(H,77,84,85). The van der Waals surface area contributed by atoms with Gasteiger partial charge in [0.1, 0.15) is 41.1 Å². The van der Waals surface area contributed by atoms with Gasteiger partial charge in [0.15, 0.2) is 5.82 Å². The molecule has 27 nitrogen and oxygen atoms in total. The van der Waals surface area contributed by atoms with Gasteiger partial charge in [0.25, 0.3) is 5.91 Å². The molecule has 1 atom stereocenters. The smallest absolute Gasteiger partial charge is 0.410 e. The summed E-state index contributed by atoms with van der Waals surface area (Å²) < 4.78 is 84.5. The molecular weight excluding hydrogens is 1340 g/mol. The van der Waals surface area contributed by atoms with Crippen LogP contribution in [0.2, 0.25) is 10.0 Å². The van der Waals surface area contributed by atoms with E-state index >= 15 is 4.39 Å². The molecule has 1 unspecified atom stereocenters. The number of urea groups is 1. The first-order valence-electron chi connectivity index (χ1n) is 33.4. The largest absolute Gasteiger partial charge is 0.508 e. The number of ether oxygens (including phenoxy) is 12. The monoisotopic (exact) mass is 1430 g/mol. The summed E-state index contributed by atoms with van der Waals surface area (Å²) in [6.45, 7) is 15.8. The number of hydrogen-bond acceptors (Lipinski definition) is 22. The van der Waals surface area contributed by atoms with Crippen molar-refractivity contribution < 1.29 is 90.3 Å². The number of benzene rings is 5. The minimum atomic E-state index is -0.705. The Morgan fingerprint density at radius 2 is 1.24 bits per heavy atom.